The first-order chi connectivity index (χ1) is 9.68. The molecule has 1 aliphatic rings. The van der Waals surface area contributed by atoms with Crippen LogP contribution in [0.15, 0.2) is 60.2 Å². The van der Waals surface area contributed by atoms with E-state index in [1.54, 1.807) is 6.92 Å². The van der Waals surface area contributed by atoms with E-state index in [4.69, 9.17) is 16.3 Å². The van der Waals surface area contributed by atoms with Crippen molar-refractivity contribution in [2.24, 2.45) is 0 Å². The SMILES string of the molecule is CC(O)C1=C(Cl)c2ccccc2OC1c1ccccc1. The summed E-state index contributed by atoms with van der Waals surface area (Å²) in [6.45, 7) is 1.71. The lowest BCUT2D eigenvalue weighted by molar-refractivity contribution is 0.166. The molecule has 0 radical (unpaired) electrons. The first-order valence-electron chi connectivity index (χ1n) is 6.57. The van der Waals surface area contributed by atoms with Crippen molar-refractivity contribution in [1.82, 2.24) is 0 Å². The van der Waals surface area contributed by atoms with E-state index in [2.05, 4.69) is 0 Å². The zero-order valence-corrected chi connectivity index (χ0v) is 11.8. The third kappa shape index (κ3) is 2.21. The minimum absolute atomic E-state index is 0.349. The van der Waals surface area contributed by atoms with Gasteiger partial charge in [0.25, 0.3) is 0 Å². The third-order valence-electron chi connectivity index (χ3n) is 3.46. The Morgan fingerprint density at radius 2 is 1.70 bits per heavy atom. The molecule has 0 spiro atoms. The summed E-state index contributed by atoms with van der Waals surface area (Å²) >= 11 is 6.49. The summed E-state index contributed by atoms with van der Waals surface area (Å²) in [5, 5.41) is 10.7. The van der Waals surface area contributed by atoms with Crippen LogP contribution < -0.4 is 4.74 Å². The van der Waals surface area contributed by atoms with Crippen molar-refractivity contribution in [2.45, 2.75) is 19.1 Å². The minimum Gasteiger partial charge on any atom is -0.480 e. The fraction of sp³-hybridized carbons (Fsp3) is 0.176. The van der Waals surface area contributed by atoms with Gasteiger partial charge in [-0.25, -0.2) is 0 Å². The Morgan fingerprint density at radius 1 is 1.05 bits per heavy atom. The van der Waals surface area contributed by atoms with Gasteiger partial charge in [0.2, 0.25) is 0 Å². The molecule has 3 heteroatoms. The highest BCUT2D eigenvalue weighted by molar-refractivity contribution is 6.49. The zero-order valence-electron chi connectivity index (χ0n) is 11.1. The molecule has 0 saturated carbocycles. The Hall–Kier alpha value is -1.77. The second kappa shape index (κ2) is 5.31. The van der Waals surface area contributed by atoms with Crippen molar-refractivity contribution in [3.63, 3.8) is 0 Å². The second-order valence-electron chi connectivity index (χ2n) is 4.85. The minimum atomic E-state index is -0.666. The fourth-order valence-corrected chi connectivity index (χ4v) is 2.90. The third-order valence-corrected chi connectivity index (χ3v) is 3.88. The highest BCUT2D eigenvalue weighted by Crippen LogP contribution is 2.44. The average Bonchev–Trinajstić information content (AvgIpc) is 2.47. The molecule has 2 unspecified atom stereocenters. The standard InChI is InChI=1S/C17H15ClO2/c1-11(19)15-16(18)13-9-5-6-10-14(13)20-17(15)12-7-3-2-4-8-12/h2-11,17,19H,1H3. The molecular formula is C17H15ClO2. The van der Waals surface area contributed by atoms with Crippen LogP contribution in [-0.4, -0.2) is 11.2 Å². The Morgan fingerprint density at radius 3 is 2.40 bits per heavy atom. The molecule has 0 amide bonds. The first kappa shape index (κ1) is 13.2. The smallest absolute Gasteiger partial charge is 0.149 e. The molecule has 2 aromatic rings. The monoisotopic (exact) mass is 286 g/mol. The van der Waals surface area contributed by atoms with E-state index < -0.39 is 6.10 Å². The Balaban J connectivity index is 2.16. The van der Waals surface area contributed by atoms with Crippen molar-refractivity contribution >= 4 is 16.6 Å². The number of fused-ring (bicyclic) bond motifs is 1. The molecule has 1 heterocycles. The van der Waals surface area contributed by atoms with E-state index in [1.165, 1.54) is 0 Å². The molecule has 2 aromatic carbocycles. The van der Waals surface area contributed by atoms with Gasteiger partial charge >= 0.3 is 0 Å². The van der Waals surface area contributed by atoms with E-state index in [9.17, 15) is 5.11 Å². The molecule has 0 fully saturated rings. The lowest BCUT2D eigenvalue weighted by Gasteiger charge is -2.31. The summed E-state index contributed by atoms with van der Waals surface area (Å²) in [6.07, 6.45) is -1.01. The van der Waals surface area contributed by atoms with Gasteiger partial charge in [0.15, 0.2) is 0 Å². The molecule has 1 N–H and O–H groups in total. The van der Waals surface area contributed by atoms with E-state index >= 15 is 0 Å². The zero-order chi connectivity index (χ0) is 14.1. The maximum Gasteiger partial charge on any atom is 0.149 e. The number of aliphatic hydroxyl groups excluding tert-OH is 1. The number of halogens is 1. The van der Waals surface area contributed by atoms with Crippen molar-refractivity contribution in [3.8, 4) is 5.75 Å². The maximum absolute atomic E-state index is 10.1. The number of benzene rings is 2. The summed E-state index contributed by atoms with van der Waals surface area (Å²) < 4.78 is 6.06. The number of aliphatic hydroxyl groups is 1. The highest BCUT2D eigenvalue weighted by Gasteiger charge is 2.31. The number of ether oxygens (including phenoxy) is 1. The van der Waals surface area contributed by atoms with Gasteiger partial charge in [0, 0.05) is 11.1 Å². The normalized spacial score (nSPS) is 19.2. The average molecular weight is 287 g/mol. The summed E-state index contributed by atoms with van der Waals surface area (Å²) in [5.41, 5.74) is 2.52. The highest BCUT2D eigenvalue weighted by atomic mass is 35.5. The molecule has 0 bridgehead atoms. The van der Waals surface area contributed by atoms with Gasteiger partial charge in [-0.3, -0.25) is 0 Å². The fourth-order valence-electron chi connectivity index (χ4n) is 2.49. The van der Waals surface area contributed by atoms with Gasteiger partial charge in [-0.1, -0.05) is 54.1 Å². The summed E-state index contributed by atoms with van der Waals surface area (Å²) in [6, 6.07) is 17.4. The molecule has 0 aromatic heterocycles. The molecule has 102 valence electrons. The van der Waals surface area contributed by atoms with Crippen LogP contribution in [0.5, 0.6) is 5.75 Å². The van der Waals surface area contributed by atoms with E-state index in [-0.39, 0.29) is 6.10 Å². The van der Waals surface area contributed by atoms with Crippen LogP contribution >= 0.6 is 11.6 Å². The Kier molecular flexibility index (Phi) is 3.51. The number of para-hydroxylation sites is 1. The molecule has 1 aliphatic heterocycles. The second-order valence-corrected chi connectivity index (χ2v) is 5.23. The summed E-state index contributed by atoms with van der Waals surface area (Å²) in [7, 11) is 0. The first-order valence-corrected chi connectivity index (χ1v) is 6.95. The molecule has 2 atom stereocenters. The van der Waals surface area contributed by atoms with Crippen molar-refractivity contribution in [3.05, 3.63) is 71.3 Å². The largest absolute Gasteiger partial charge is 0.480 e. The predicted molar refractivity (Wildman–Crippen MR) is 80.7 cm³/mol. The van der Waals surface area contributed by atoms with Crippen LogP contribution in [-0.2, 0) is 0 Å². The van der Waals surface area contributed by atoms with Gasteiger partial charge in [-0.2, -0.15) is 0 Å². The van der Waals surface area contributed by atoms with Gasteiger partial charge < -0.3 is 9.84 Å². The Labute approximate surface area is 123 Å². The van der Waals surface area contributed by atoms with Crippen molar-refractivity contribution in [2.75, 3.05) is 0 Å². The molecule has 3 rings (SSSR count). The molecule has 20 heavy (non-hydrogen) atoms. The maximum atomic E-state index is 10.1. The lowest BCUT2D eigenvalue weighted by Crippen LogP contribution is -2.23. The quantitative estimate of drug-likeness (QED) is 0.898. The van der Waals surface area contributed by atoms with Crippen LogP contribution in [0, 0.1) is 0 Å². The topological polar surface area (TPSA) is 29.5 Å². The van der Waals surface area contributed by atoms with Crippen LogP contribution in [0.25, 0.3) is 5.03 Å². The predicted octanol–water partition coefficient (Wildman–Crippen LogP) is 4.15. The van der Waals surface area contributed by atoms with Crippen molar-refractivity contribution in [1.29, 1.82) is 0 Å². The van der Waals surface area contributed by atoms with Crippen LogP contribution in [0.3, 0.4) is 0 Å². The molecule has 0 aliphatic carbocycles. The number of hydrogen-bond donors (Lipinski definition) is 1. The van der Waals surface area contributed by atoms with E-state index in [0.717, 1.165) is 16.9 Å². The number of rotatable bonds is 2. The van der Waals surface area contributed by atoms with Gasteiger partial charge in [0.05, 0.1) is 11.1 Å². The molecular weight excluding hydrogens is 272 g/mol. The van der Waals surface area contributed by atoms with Crippen molar-refractivity contribution < 1.29 is 9.84 Å². The molecule has 0 saturated heterocycles. The van der Waals surface area contributed by atoms with Gasteiger partial charge in [-0.15, -0.1) is 0 Å². The lowest BCUT2D eigenvalue weighted by atomic mass is 9.93. The molecule has 2 nitrogen and oxygen atoms in total. The summed E-state index contributed by atoms with van der Waals surface area (Å²) in [5.74, 6) is 0.746. The Bertz CT molecular complexity index is 647. The van der Waals surface area contributed by atoms with Gasteiger partial charge in [-0.05, 0) is 24.6 Å². The number of hydrogen-bond acceptors (Lipinski definition) is 2. The summed E-state index contributed by atoms with van der Waals surface area (Å²) in [4.78, 5) is 0. The van der Waals surface area contributed by atoms with E-state index in [0.29, 0.717) is 10.6 Å². The van der Waals surface area contributed by atoms with Crippen LogP contribution in [0.4, 0.5) is 0 Å². The van der Waals surface area contributed by atoms with Crippen LogP contribution in [0.1, 0.15) is 24.2 Å². The van der Waals surface area contributed by atoms with Gasteiger partial charge in [0.1, 0.15) is 11.9 Å². The van der Waals surface area contributed by atoms with Crippen LogP contribution in [0.2, 0.25) is 0 Å². The van der Waals surface area contributed by atoms with E-state index in [1.807, 2.05) is 54.6 Å².